The Morgan fingerprint density at radius 2 is 1.14 bits per heavy atom. The van der Waals surface area contributed by atoms with E-state index in [1.165, 1.54) is 0 Å². The maximum absolute atomic E-state index is 9.29. The Hall–Kier alpha value is 0.330. The molecule has 0 N–H and O–H groups in total. The first-order valence-corrected chi connectivity index (χ1v) is 8.73. The molecular weight excluding hydrogens is 374 g/mol. The molecule has 114 valence electrons. The first-order chi connectivity index (χ1) is 10.0. The topological polar surface area (TPSA) is 89.5 Å². The quantitative estimate of drug-likeness (QED) is 0.456. The van der Waals surface area contributed by atoms with E-state index in [9.17, 15) is 18.9 Å². The second-order valence-corrected chi connectivity index (χ2v) is 6.04. The summed E-state index contributed by atoms with van der Waals surface area (Å²) in [5, 5.41) is -0.0441. The Labute approximate surface area is 165 Å². The van der Waals surface area contributed by atoms with Crippen molar-refractivity contribution in [3.63, 3.8) is 0 Å². The van der Waals surface area contributed by atoms with Gasteiger partial charge in [0.05, 0.1) is 5.38 Å². The van der Waals surface area contributed by atoms with Gasteiger partial charge in [-0.2, -0.15) is 0 Å². The molecule has 0 amide bonds. The van der Waals surface area contributed by atoms with E-state index in [-0.39, 0.29) is 43.1 Å². The van der Waals surface area contributed by atoms with Crippen LogP contribution in [0, 0.1) is 0 Å². The average molecular weight is 387 g/mol. The van der Waals surface area contributed by atoms with Crippen LogP contribution >= 0.6 is 28.1 Å². The van der Waals surface area contributed by atoms with Crippen LogP contribution in [0.2, 0.25) is 0 Å². The number of alkyl halides is 1. The minimum absolute atomic E-state index is 0. The third-order valence-electron chi connectivity index (χ3n) is 2.35. The van der Waals surface area contributed by atoms with E-state index in [4.69, 9.17) is 11.6 Å². The van der Waals surface area contributed by atoms with Gasteiger partial charge in [-0.15, -0.1) is 11.6 Å². The molecule has 5 nitrogen and oxygen atoms in total. The van der Waals surface area contributed by atoms with Crippen molar-refractivity contribution in [1.82, 2.24) is 0 Å². The fraction of sp³-hybridized carbons (Fsp3) is 0.0769. The van der Waals surface area contributed by atoms with Crippen molar-refractivity contribution in [3.8, 4) is 0 Å². The van der Waals surface area contributed by atoms with Gasteiger partial charge in [0.1, 0.15) is 16.5 Å². The summed E-state index contributed by atoms with van der Waals surface area (Å²) < 4.78 is 21.8. The molecule has 2 unspecified atom stereocenters. The molecular formula is C13H13CaClO5P2. The summed E-state index contributed by atoms with van der Waals surface area (Å²) in [5.41, 5.74) is 2.28. The summed E-state index contributed by atoms with van der Waals surface area (Å²) in [4.78, 5) is 18.6. The van der Waals surface area contributed by atoms with Crippen LogP contribution in [0.5, 0.6) is 0 Å². The Kier molecular flexibility index (Phi) is 12.9. The molecule has 0 aliphatic carbocycles. The summed E-state index contributed by atoms with van der Waals surface area (Å²) in [7, 11) is -7.03. The first-order valence-electron chi connectivity index (χ1n) is 5.84. The number of hydrogen-bond donors (Lipinski definition) is 0. The largest absolute Gasteiger partial charge is 2.00 e. The van der Waals surface area contributed by atoms with Crippen molar-refractivity contribution in [2.75, 3.05) is 0 Å². The maximum atomic E-state index is 9.29. The fourth-order valence-corrected chi connectivity index (χ4v) is 2.34. The van der Waals surface area contributed by atoms with Gasteiger partial charge in [-0.25, -0.2) is 0 Å². The van der Waals surface area contributed by atoms with E-state index >= 15 is 0 Å². The number of benzene rings is 2. The summed E-state index contributed by atoms with van der Waals surface area (Å²) in [6.45, 7) is 0. The molecule has 0 aliphatic heterocycles. The van der Waals surface area contributed by atoms with Crippen LogP contribution in [0.4, 0.5) is 0 Å². The van der Waals surface area contributed by atoms with Gasteiger partial charge in [0.2, 0.25) is 0 Å². The van der Waals surface area contributed by atoms with E-state index in [1.807, 2.05) is 60.7 Å². The zero-order valence-electron chi connectivity index (χ0n) is 11.5. The van der Waals surface area contributed by atoms with Gasteiger partial charge >= 0.3 is 37.7 Å². The number of hydrogen-bond acceptors (Lipinski definition) is 5. The predicted octanol–water partition coefficient (Wildman–Crippen LogP) is 2.14. The Bertz CT molecular complexity index is 534. The van der Waals surface area contributed by atoms with E-state index in [0.29, 0.717) is 0 Å². The predicted molar refractivity (Wildman–Crippen MR) is 85.4 cm³/mol. The molecule has 0 aromatic heterocycles. The summed E-state index contributed by atoms with van der Waals surface area (Å²) in [6, 6.07) is 20.2. The van der Waals surface area contributed by atoms with Gasteiger partial charge in [0.15, 0.2) is 0 Å². The van der Waals surface area contributed by atoms with E-state index in [2.05, 4.69) is 4.31 Å². The van der Waals surface area contributed by atoms with Crippen LogP contribution < -0.4 is 9.79 Å². The third-order valence-corrected chi connectivity index (χ3v) is 4.19. The van der Waals surface area contributed by atoms with Gasteiger partial charge < -0.3 is 18.9 Å². The van der Waals surface area contributed by atoms with Crippen molar-refractivity contribution < 1.29 is 23.2 Å². The minimum Gasteiger partial charge on any atom is -0.781 e. The van der Waals surface area contributed by atoms with Crippen LogP contribution in [-0.4, -0.2) is 37.7 Å². The van der Waals surface area contributed by atoms with Crippen molar-refractivity contribution >= 4 is 65.8 Å². The van der Waals surface area contributed by atoms with Gasteiger partial charge in [0, 0.05) is 0 Å². The normalized spacial score (nSPS) is 12.5. The zero-order valence-corrected chi connectivity index (χ0v) is 16.4. The molecule has 0 heterocycles. The third kappa shape index (κ3) is 9.46. The molecule has 0 saturated heterocycles. The molecule has 0 saturated carbocycles. The zero-order chi connectivity index (χ0) is 15.7. The second-order valence-electron chi connectivity index (χ2n) is 3.79. The average Bonchev–Trinajstić information content (AvgIpc) is 2.47. The molecule has 0 fully saturated rings. The van der Waals surface area contributed by atoms with Gasteiger partial charge in [0.25, 0.3) is 0 Å². The molecule has 9 heteroatoms. The van der Waals surface area contributed by atoms with Gasteiger partial charge in [-0.05, 0) is 11.1 Å². The molecule has 2 atom stereocenters. The molecule has 2 aromatic rings. The second kappa shape index (κ2) is 12.7. The van der Waals surface area contributed by atoms with Crippen molar-refractivity contribution in [2.45, 2.75) is 5.38 Å². The summed E-state index contributed by atoms with van der Waals surface area (Å²) in [6.07, 6.45) is 0. The summed E-state index contributed by atoms with van der Waals surface area (Å²) >= 11 is 6.33. The Balaban J connectivity index is 0.000000478. The van der Waals surface area contributed by atoms with Crippen molar-refractivity contribution in [1.29, 1.82) is 0 Å². The molecule has 0 spiro atoms. The smallest absolute Gasteiger partial charge is 0.781 e. The standard InChI is InChI=1S/C13H11Cl.Ca.H4O5P2/c14-13(11-7-3-1-4-8-11)12-9-5-2-6-10-12;;1-6(2)5-7(3)4/h1-10,13H;;6-7H,(H,1,2)(H,3,4)/q;+2;/p-2. The van der Waals surface area contributed by atoms with Crippen LogP contribution in [-0.2, 0) is 13.4 Å². The molecule has 2 aromatic carbocycles. The SMILES string of the molecule is ClC(c1ccccc1)c1ccccc1.O=[PH]([O-])O[PH](=O)[O-].[Ca+2]. The van der Waals surface area contributed by atoms with E-state index in [0.717, 1.165) is 11.1 Å². The first kappa shape index (κ1) is 22.3. The van der Waals surface area contributed by atoms with Gasteiger partial charge in [-0.3, -0.25) is 4.31 Å². The van der Waals surface area contributed by atoms with E-state index < -0.39 is 16.5 Å². The van der Waals surface area contributed by atoms with Crippen molar-refractivity contribution in [3.05, 3.63) is 71.8 Å². The van der Waals surface area contributed by atoms with Crippen LogP contribution in [0.1, 0.15) is 16.5 Å². The van der Waals surface area contributed by atoms with Crippen LogP contribution in [0.25, 0.3) is 0 Å². The van der Waals surface area contributed by atoms with Crippen LogP contribution in [0.3, 0.4) is 0 Å². The molecule has 0 radical (unpaired) electrons. The number of halogens is 1. The minimum atomic E-state index is -3.51. The monoisotopic (exact) mass is 386 g/mol. The van der Waals surface area contributed by atoms with E-state index in [1.54, 1.807) is 0 Å². The Morgan fingerprint density at radius 1 is 0.818 bits per heavy atom. The fourth-order valence-electron chi connectivity index (χ4n) is 1.50. The van der Waals surface area contributed by atoms with Gasteiger partial charge in [-0.1, -0.05) is 60.7 Å². The summed E-state index contributed by atoms with van der Waals surface area (Å²) in [5.74, 6) is 0. The van der Waals surface area contributed by atoms with Crippen LogP contribution in [0.15, 0.2) is 60.7 Å². The molecule has 2 rings (SSSR count). The Morgan fingerprint density at radius 3 is 1.36 bits per heavy atom. The molecule has 0 aliphatic rings. The maximum Gasteiger partial charge on any atom is 2.00 e. The number of rotatable bonds is 4. The molecule has 0 bridgehead atoms. The van der Waals surface area contributed by atoms with Crippen molar-refractivity contribution in [2.24, 2.45) is 0 Å². The molecule has 22 heavy (non-hydrogen) atoms.